The fraction of sp³-hybridized carbons (Fsp3) is 0.238. The molecule has 0 aliphatic carbocycles. The summed E-state index contributed by atoms with van der Waals surface area (Å²) in [5.41, 5.74) is 0.970. The van der Waals surface area contributed by atoms with Gasteiger partial charge in [0.2, 0.25) is 0 Å². The fourth-order valence-corrected chi connectivity index (χ4v) is 3.28. The zero-order valence-corrected chi connectivity index (χ0v) is 13.8. The predicted molar refractivity (Wildman–Crippen MR) is 94.1 cm³/mol. The summed E-state index contributed by atoms with van der Waals surface area (Å²) in [4.78, 5) is 0. The maximum Gasteiger partial charge on any atom is 0.121 e. The van der Waals surface area contributed by atoms with Gasteiger partial charge in [0.1, 0.15) is 23.6 Å². The number of hydrogen-bond acceptors (Lipinski definition) is 3. The molecule has 1 aliphatic rings. The van der Waals surface area contributed by atoms with Crippen molar-refractivity contribution in [3.05, 3.63) is 77.9 Å². The van der Waals surface area contributed by atoms with E-state index in [0.29, 0.717) is 0 Å². The number of epoxide rings is 1. The van der Waals surface area contributed by atoms with Crippen LogP contribution in [0, 0.1) is 0 Å². The van der Waals surface area contributed by atoms with Crippen molar-refractivity contribution in [2.75, 3.05) is 7.11 Å². The Morgan fingerprint density at radius 2 is 1.67 bits per heavy atom. The van der Waals surface area contributed by atoms with E-state index in [4.69, 9.17) is 9.47 Å². The molecule has 1 heterocycles. The van der Waals surface area contributed by atoms with Crippen molar-refractivity contribution in [1.82, 2.24) is 0 Å². The summed E-state index contributed by atoms with van der Waals surface area (Å²) in [7, 11) is 1.67. The Bertz CT molecular complexity index is 871. The third-order valence-electron chi connectivity index (χ3n) is 4.80. The molecule has 1 fully saturated rings. The first-order valence-corrected chi connectivity index (χ1v) is 8.10. The number of fused-ring (bicyclic) bond motifs is 1. The summed E-state index contributed by atoms with van der Waals surface area (Å²) in [5, 5.41) is 13.2. The molecule has 0 unspecified atom stereocenters. The summed E-state index contributed by atoms with van der Waals surface area (Å²) < 4.78 is 11.1. The first-order chi connectivity index (χ1) is 11.6. The molecule has 0 aromatic heterocycles. The molecule has 24 heavy (non-hydrogen) atoms. The van der Waals surface area contributed by atoms with E-state index in [2.05, 4.69) is 18.2 Å². The van der Waals surface area contributed by atoms with E-state index < -0.39 is 5.60 Å². The molecule has 122 valence electrons. The van der Waals surface area contributed by atoms with E-state index in [9.17, 15) is 5.11 Å². The summed E-state index contributed by atoms with van der Waals surface area (Å²) >= 11 is 0. The Labute approximate surface area is 141 Å². The highest BCUT2D eigenvalue weighted by Gasteiger charge is 2.52. The molecule has 0 amide bonds. The molecule has 3 aromatic rings. The van der Waals surface area contributed by atoms with Crippen molar-refractivity contribution in [2.45, 2.75) is 24.7 Å². The second-order valence-electron chi connectivity index (χ2n) is 6.46. The molecular formula is C21H20O3. The summed E-state index contributed by atoms with van der Waals surface area (Å²) in [6.07, 6.45) is -0.303. The Morgan fingerprint density at radius 3 is 2.42 bits per heavy atom. The third-order valence-corrected chi connectivity index (χ3v) is 4.80. The van der Waals surface area contributed by atoms with Gasteiger partial charge < -0.3 is 14.6 Å². The number of aliphatic hydroxyl groups is 1. The quantitative estimate of drug-likeness (QED) is 0.733. The lowest BCUT2D eigenvalue weighted by Gasteiger charge is -2.21. The lowest BCUT2D eigenvalue weighted by molar-refractivity contribution is 0.0259. The zero-order valence-electron chi connectivity index (χ0n) is 13.8. The molecule has 3 heteroatoms. The first-order valence-electron chi connectivity index (χ1n) is 8.10. The van der Waals surface area contributed by atoms with Crippen LogP contribution in [0.1, 0.15) is 24.2 Å². The SMILES string of the molecule is COc1ccc2cc([C@@H]3O[C@H]3[C@@](C)(O)c3ccccc3)ccc2c1. The maximum atomic E-state index is 10.9. The van der Waals surface area contributed by atoms with Crippen LogP contribution < -0.4 is 4.74 Å². The zero-order chi connectivity index (χ0) is 16.7. The second-order valence-corrected chi connectivity index (χ2v) is 6.46. The van der Waals surface area contributed by atoms with Crippen molar-refractivity contribution >= 4 is 10.8 Å². The third kappa shape index (κ3) is 2.56. The molecule has 0 spiro atoms. The van der Waals surface area contributed by atoms with Gasteiger partial charge in [0.05, 0.1) is 7.11 Å². The molecule has 0 saturated carbocycles. The average Bonchev–Trinajstić information content (AvgIpc) is 3.43. The van der Waals surface area contributed by atoms with E-state index >= 15 is 0 Å². The van der Waals surface area contributed by atoms with Crippen LogP contribution in [0.3, 0.4) is 0 Å². The van der Waals surface area contributed by atoms with Crippen molar-refractivity contribution in [2.24, 2.45) is 0 Å². The predicted octanol–water partition coefficient (Wildman–Crippen LogP) is 4.20. The summed E-state index contributed by atoms with van der Waals surface area (Å²) in [5.74, 6) is 0.850. The fourth-order valence-electron chi connectivity index (χ4n) is 3.28. The van der Waals surface area contributed by atoms with Crippen molar-refractivity contribution < 1.29 is 14.6 Å². The summed E-state index contributed by atoms with van der Waals surface area (Å²) in [6.45, 7) is 1.82. The molecule has 4 rings (SSSR count). The monoisotopic (exact) mass is 320 g/mol. The van der Waals surface area contributed by atoms with Gasteiger partial charge in [0.15, 0.2) is 0 Å². The molecule has 1 saturated heterocycles. The minimum absolute atomic E-state index is 0.0771. The van der Waals surface area contributed by atoms with Gasteiger partial charge in [-0.1, -0.05) is 48.5 Å². The van der Waals surface area contributed by atoms with Gasteiger partial charge >= 0.3 is 0 Å². The van der Waals surface area contributed by atoms with E-state index in [1.807, 2.05) is 55.5 Å². The van der Waals surface area contributed by atoms with E-state index in [1.54, 1.807) is 7.11 Å². The van der Waals surface area contributed by atoms with Gasteiger partial charge in [-0.25, -0.2) is 0 Å². The standard InChI is InChI=1S/C21H20O3/c1-21(22,17-6-4-3-5-7-17)20-19(24-20)16-9-8-15-13-18(23-2)11-10-14(15)12-16/h3-13,19-20,22H,1-2H3/t19-,20+,21-/m0/s1. The van der Waals surface area contributed by atoms with Gasteiger partial charge in [-0.2, -0.15) is 0 Å². The first kappa shape index (κ1) is 15.2. The Kier molecular flexibility index (Phi) is 3.56. The minimum atomic E-state index is -0.999. The number of benzene rings is 3. The Balaban J connectivity index is 1.61. The molecule has 3 aromatic carbocycles. The molecule has 0 radical (unpaired) electrons. The molecule has 3 atom stereocenters. The van der Waals surface area contributed by atoms with Gasteiger partial charge in [0.25, 0.3) is 0 Å². The van der Waals surface area contributed by atoms with Gasteiger partial charge in [-0.15, -0.1) is 0 Å². The highest BCUT2D eigenvalue weighted by molar-refractivity contribution is 5.84. The molecule has 1 N–H and O–H groups in total. The van der Waals surface area contributed by atoms with Crippen molar-refractivity contribution in [3.8, 4) is 5.75 Å². The van der Waals surface area contributed by atoms with E-state index in [0.717, 1.165) is 27.6 Å². The van der Waals surface area contributed by atoms with Crippen molar-refractivity contribution in [1.29, 1.82) is 0 Å². The van der Waals surface area contributed by atoms with Gasteiger partial charge in [-0.3, -0.25) is 0 Å². The van der Waals surface area contributed by atoms with Crippen LogP contribution in [0.25, 0.3) is 10.8 Å². The van der Waals surface area contributed by atoms with Crippen LogP contribution in [0.5, 0.6) is 5.75 Å². The molecule has 0 bridgehead atoms. The minimum Gasteiger partial charge on any atom is -0.497 e. The van der Waals surface area contributed by atoms with E-state index in [-0.39, 0.29) is 12.2 Å². The molecule has 3 nitrogen and oxygen atoms in total. The number of methoxy groups -OCH3 is 1. The van der Waals surface area contributed by atoms with Crippen LogP contribution in [-0.2, 0) is 10.3 Å². The van der Waals surface area contributed by atoms with Gasteiger partial charge in [0, 0.05) is 0 Å². The van der Waals surface area contributed by atoms with Crippen LogP contribution in [0.4, 0.5) is 0 Å². The average molecular weight is 320 g/mol. The largest absolute Gasteiger partial charge is 0.497 e. The number of hydrogen-bond donors (Lipinski definition) is 1. The van der Waals surface area contributed by atoms with Crippen LogP contribution in [0.2, 0.25) is 0 Å². The van der Waals surface area contributed by atoms with Crippen LogP contribution in [-0.4, -0.2) is 18.3 Å². The highest BCUT2D eigenvalue weighted by Crippen LogP contribution is 2.49. The Hall–Kier alpha value is -2.36. The highest BCUT2D eigenvalue weighted by atomic mass is 16.6. The lowest BCUT2D eigenvalue weighted by atomic mass is 9.89. The summed E-state index contributed by atoms with van der Waals surface area (Å²) in [6, 6.07) is 22.0. The Morgan fingerprint density at radius 1 is 0.958 bits per heavy atom. The number of rotatable bonds is 4. The molecule has 1 aliphatic heterocycles. The smallest absolute Gasteiger partial charge is 0.121 e. The normalized spacial score (nSPS) is 22.1. The van der Waals surface area contributed by atoms with E-state index in [1.165, 1.54) is 0 Å². The van der Waals surface area contributed by atoms with Crippen molar-refractivity contribution in [3.63, 3.8) is 0 Å². The number of ether oxygens (including phenoxy) is 2. The van der Waals surface area contributed by atoms with Crippen LogP contribution >= 0.6 is 0 Å². The second kappa shape index (κ2) is 5.62. The maximum absolute atomic E-state index is 10.9. The van der Waals surface area contributed by atoms with Crippen LogP contribution in [0.15, 0.2) is 66.7 Å². The topological polar surface area (TPSA) is 42.0 Å². The van der Waals surface area contributed by atoms with Gasteiger partial charge in [-0.05, 0) is 47.0 Å². The lowest BCUT2D eigenvalue weighted by Crippen LogP contribution is -2.28. The molecular weight excluding hydrogens is 300 g/mol.